The van der Waals surface area contributed by atoms with Gasteiger partial charge in [-0.1, -0.05) is 24.3 Å². The summed E-state index contributed by atoms with van der Waals surface area (Å²) in [6.45, 7) is 2.47. The molecule has 0 heterocycles. The Labute approximate surface area is 118 Å². The fraction of sp³-hybridized carbons (Fsp3) is 0.294. The molecule has 0 saturated carbocycles. The van der Waals surface area contributed by atoms with Crippen LogP contribution in [0.5, 0.6) is 5.75 Å². The Morgan fingerprint density at radius 3 is 2.60 bits per heavy atom. The molecule has 2 rings (SSSR count). The molecule has 2 nitrogen and oxygen atoms in total. The topological polar surface area (TPSA) is 29.5 Å². The highest BCUT2D eigenvalue weighted by atomic mass is 19.1. The largest absolute Gasteiger partial charge is 0.493 e. The second kappa shape index (κ2) is 7.06. The molecule has 0 spiro atoms. The molecular formula is C17H19FO2. The summed E-state index contributed by atoms with van der Waals surface area (Å²) >= 11 is 0. The first kappa shape index (κ1) is 14.5. The van der Waals surface area contributed by atoms with Crippen LogP contribution in [0.25, 0.3) is 0 Å². The van der Waals surface area contributed by atoms with Gasteiger partial charge in [-0.2, -0.15) is 0 Å². The lowest BCUT2D eigenvalue weighted by atomic mass is 10.1. The Balaban J connectivity index is 1.75. The molecule has 1 N–H and O–H groups in total. The first-order chi connectivity index (χ1) is 9.63. The van der Waals surface area contributed by atoms with Crippen LogP contribution in [0.3, 0.4) is 0 Å². The summed E-state index contributed by atoms with van der Waals surface area (Å²) in [5, 5.41) is 9.93. The van der Waals surface area contributed by atoms with E-state index < -0.39 is 6.10 Å². The number of benzene rings is 2. The minimum Gasteiger partial charge on any atom is -0.493 e. The van der Waals surface area contributed by atoms with Gasteiger partial charge in [-0.3, -0.25) is 0 Å². The van der Waals surface area contributed by atoms with Crippen molar-refractivity contribution < 1.29 is 14.2 Å². The maximum Gasteiger partial charge on any atom is 0.123 e. The van der Waals surface area contributed by atoms with Gasteiger partial charge in [-0.25, -0.2) is 4.39 Å². The highest BCUT2D eigenvalue weighted by Crippen LogP contribution is 2.13. The third-order valence-corrected chi connectivity index (χ3v) is 3.09. The number of hydrogen-bond donors (Lipinski definition) is 1. The Hall–Kier alpha value is -1.87. The molecule has 0 aliphatic heterocycles. The van der Waals surface area contributed by atoms with E-state index in [4.69, 9.17) is 4.74 Å². The first-order valence-electron chi connectivity index (χ1n) is 6.75. The van der Waals surface area contributed by atoms with Crippen LogP contribution in [-0.4, -0.2) is 17.8 Å². The maximum atomic E-state index is 12.8. The van der Waals surface area contributed by atoms with Crippen LogP contribution in [0, 0.1) is 12.7 Å². The van der Waals surface area contributed by atoms with Crippen LogP contribution in [-0.2, 0) is 6.42 Å². The van der Waals surface area contributed by atoms with Crippen LogP contribution in [0.2, 0.25) is 0 Å². The van der Waals surface area contributed by atoms with Crippen molar-refractivity contribution in [3.8, 4) is 5.75 Å². The molecule has 1 unspecified atom stereocenters. The third kappa shape index (κ3) is 4.67. The van der Waals surface area contributed by atoms with Gasteiger partial charge in [0.05, 0.1) is 12.7 Å². The molecule has 3 heteroatoms. The van der Waals surface area contributed by atoms with Crippen LogP contribution >= 0.6 is 0 Å². The molecule has 0 aliphatic carbocycles. The number of halogens is 1. The number of aryl methyl sites for hydroxylation is 1. The summed E-state index contributed by atoms with van der Waals surface area (Å²) in [6.07, 6.45) is 0.577. The summed E-state index contributed by atoms with van der Waals surface area (Å²) in [5.41, 5.74) is 2.07. The predicted molar refractivity (Wildman–Crippen MR) is 77.4 cm³/mol. The van der Waals surface area contributed by atoms with Gasteiger partial charge >= 0.3 is 0 Å². The van der Waals surface area contributed by atoms with Crippen molar-refractivity contribution in [2.75, 3.05) is 6.61 Å². The second-order valence-corrected chi connectivity index (χ2v) is 4.94. The van der Waals surface area contributed by atoms with E-state index in [0.29, 0.717) is 19.4 Å². The Bertz CT molecular complexity index is 537. The number of aliphatic hydroxyl groups excluding tert-OH is 1. The maximum absolute atomic E-state index is 12.8. The molecule has 0 amide bonds. The summed E-state index contributed by atoms with van der Waals surface area (Å²) in [7, 11) is 0. The van der Waals surface area contributed by atoms with Crippen molar-refractivity contribution >= 4 is 0 Å². The quantitative estimate of drug-likeness (QED) is 0.873. The molecule has 0 aromatic heterocycles. The number of hydrogen-bond acceptors (Lipinski definition) is 2. The number of rotatable bonds is 6. The zero-order valence-electron chi connectivity index (χ0n) is 11.6. The third-order valence-electron chi connectivity index (χ3n) is 3.09. The number of ether oxygens (including phenoxy) is 1. The highest BCUT2D eigenvalue weighted by molar-refractivity contribution is 5.27. The molecule has 0 bridgehead atoms. The van der Waals surface area contributed by atoms with Gasteiger partial charge in [0, 0.05) is 6.42 Å². The first-order valence-corrected chi connectivity index (χ1v) is 6.75. The van der Waals surface area contributed by atoms with Crippen molar-refractivity contribution in [2.45, 2.75) is 25.9 Å². The molecule has 0 radical (unpaired) electrons. The smallest absolute Gasteiger partial charge is 0.123 e. The Kier molecular flexibility index (Phi) is 5.13. The van der Waals surface area contributed by atoms with Crippen LogP contribution in [0.15, 0.2) is 48.5 Å². The van der Waals surface area contributed by atoms with E-state index in [2.05, 4.69) is 0 Å². The number of aliphatic hydroxyl groups is 1. The molecule has 1 atom stereocenters. The van der Waals surface area contributed by atoms with E-state index in [1.807, 2.05) is 31.2 Å². The summed E-state index contributed by atoms with van der Waals surface area (Å²) in [6, 6.07) is 14.0. The molecule has 20 heavy (non-hydrogen) atoms. The van der Waals surface area contributed by atoms with E-state index in [-0.39, 0.29) is 5.82 Å². The summed E-state index contributed by atoms with van der Waals surface area (Å²) in [4.78, 5) is 0. The molecule has 0 fully saturated rings. The van der Waals surface area contributed by atoms with Gasteiger partial charge < -0.3 is 9.84 Å². The van der Waals surface area contributed by atoms with Crippen LogP contribution in [0.4, 0.5) is 4.39 Å². The second-order valence-electron chi connectivity index (χ2n) is 4.94. The van der Waals surface area contributed by atoms with Crippen LogP contribution in [0.1, 0.15) is 17.5 Å². The van der Waals surface area contributed by atoms with E-state index in [0.717, 1.165) is 16.9 Å². The van der Waals surface area contributed by atoms with Gasteiger partial charge in [0.25, 0.3) is 0 Å². The van der Waals surface area contributed by atoms with E-state index in [9.17, 15) is 9.50 Å². The molecule has 106 valence electrons. The fourth-order valence-electron chi connectivity index (χ4n) is 2.01. The van der Waals surface area contributed by atoms with Crippen molar-refractivity contribution in [3.63, 3.8) is 0 Å². The van der Waals surface area contributed by atoms with Crippen LogP contribution < -0.4 is 4.74 Å². The molecular weight excluding hydrogens is 255 g/mol. The molecule has 2 aromatic carbocycles. The van der Waals surface area contributed by atoms with Crippen molar-refractivity contribution in [3.05, 3.63) is 65.5 Å². The Morgan fingerprint density at radius 1 is 1.15 bits per heavy atom. The lowest BCUT2D eigenvalue weighted by Crippen LogP contribution is -2.14. The van der Waals surface area contributed by atoms with E-state index in [1.165, 1.54) is 12.1 Å². The van der Waals surface area contributed by atoms with E-state index in [1.54, 1.807) is 12.1 Å². The van der Waals surface area contributed by atoms with Gasteiger partial charge in [0.15, 0.2) is 0 Å². The average Bonchev–Trinajstić information content (AvgIpc) is 2.41. The van der Waals surface area contributed by atoms with Gasteiger partial charge in [-0.05, 0) is 48.7 Å². The zero-order valence-corrected chi connectivity index (χ0v) is 11.6. The minimum atomic E-state index is -0.481. The zero-order chi connectivity index (χ0) is 14.4. The minimum absolute atomic E-state index is 0.258. The summed E-state index contributed by atoms with van der Waals surface area (Å²) < 4.78 is 18.4. The van der Waals surface area contributed by atoms with Crippen molar-refractivity contribution in [2.24, 2.45) is 0 Å². The highest BCUT2D eigenvalue weighted by Gasteiger charge is 2.06. The van der Waals surface area contributed by atoms with Crippen molar-refractivity contribution in [1.82, 2.24) is 0 Å². The lowest BCUT2D eigenvalue weighted by molar-refractivity contribution is 0.139. The normalized spacial score (nSPS) is 12.2. The van der Waals surface area contributed by atoms with Gasteiger partial charge in [0.2, 0.25) is 0 Å². The molecule has 0 saturated heterocycles. The summed E-state index contributed by atoms with van der Waals surface area (Å²) in [5.74, 6) is 0.560. The van der Waals surface area contributed by atoms with E-state index >= 15 is 0 Å². The lowest BCUT2D eigenvalue weighted by Gasteiger charge is -2.12. The average molecular weight is 274 g/mol. The Morgan fingerprint density at radius 2 is 1.90 bits per heavy atom. The SMILES string of the molecule is Cc1cccc(OCCC(O)Cc2ccc(F)cc2)c1. The molecule has 0 aliphatic rings. The predicted octanol–water partition coefficient (Wildman–Crippen LogP) is 3.51. The standard InChI is InChI=1S/C17H19FO2/c1-13-3-2-4-17(11-13)20-10-9-16(19)12-14-5-7-15(18)8-6-14/h2-8,11,16,19H,9-10,12H2,1H3. The van der Waals surface area contributed by atoms with Gasteiger partial charge in [-0.15, -0.1) is 0 Å². The van der Waals surface area contributed by atoms with Gasteiger partial charge in [0.1, 0.15) is 11.6 Å². The monoisotopic (exact) mass is 274 g/mol. The molecule has 2 aromatic rings. The fourth-order valence-corrected chi connectivity index (χ4v) is 2.01. The van der Waals surface area contributed by atoms with Crippen molar-refractivity contribution in [1.29, 1.82) is 0 Å².